The van der Waals surface area contributed by atoms with Gasteiger partial charge in [0, 0.05) is 32.9 Å². The maximum atomic E-state index is 4.75. The van der Waals surface area contributed by atoms with Crippen molar-refractivity contribution in [3.8, 4) is 0 Å². The fourth-order valence-corrected chi connectivity index (χ4v) is 2.87. The third-order valence-electron chi connectivity index (χ3n) is 4.21. The molecular formula is C17H25N7. The molecule has 1 N–H and O–H groups in total. The molecule has 3 rings (SSSR count). The van der Waals surface area contributed by atoms with Crippen molar-refractivity contribution < 1.29 is 0 Å². The highest BCUT2D eigenvalue weighted by Gasteiger charge is 2.22. The Bertz CT molecular complexity index is 831. The minimum atomic E-state index is 0.0674. The average Bonchev–Trinajstić information content (AvgIpc) is 3.12. The van der Waals surface area contributed by atoms with E-state index in [0.717, 1.165) is 41.3 Å². The van der Waals surface area contributed by atoms with Crippen molar-refractivity contribution in [1.82, 2.24) is 29.3 Å². The number of hydrogen-bond acceptors (Lipinski definition) is 5. The second-order valence-corrected chi connectivity index (χ2v) is 6.51. The molecule has 7 nitrogen and oxygen atoms in total. The number of nitrogens with one attached hydrogen (secondary N) is 1. The Labute approximate surface area is 142 Å². The zero-order valence-corrected chi connectivity index (χ0v) is 15.0. The van der Waals surface area contributed by atoms with Crippen LogP contribution in [0.3, 0.4) is 0 Å². The van der Waals surface area contributed by atoms with Gasteiger partial charge in [0.15, 0.2) is 5.65 Å². The highest BCUT2D eigenvalue weighted by molar-refractivity contribution is 5.86. The lowest BCUT2D eigenvalue weighted by Crippen LogP contribution is -2.21. The molecule has 0 saturated carbocycles. The molecule has 0 bridgehead atoms. The summed E-state index contributed by atoms with van der Waals surface area (Å²) in [6.45, 7) is 6.50. The second kappa shape index (κ2) is 6.59. The highest BCUT2D eigenvalue weighted by Crippen LogP contribution is 2.28. The number of hydrogen-bond donors (Lipinski definition) is 1. The Morgan fingerprint density at radius 1 is 1.21 bits per heavy atom. The summed E-state index contributed by atoms with van der Waals surface area (Å²) in [5, 5.41) is 8.87. The van der Waals surface area contributed by atoms with Crippen LogP contribution in [0.2, 0.25) is 0 Å². The molecule has 0 aliphatic rings. The van der Waals surface area contributed by atoms with Gasteiger partial charge in [-0.1, -0.05) is 20.8 Å². The molecule has 0 amide bonds. The molecule has 7 heteroatoms. The van der Waals surface area contributed by atoms with Gasteiger partial charge in [-0.2, -0.15) is 5.10 Å². The molecule has 0 saturated heterocycles. The van der Waals surface area contributed by atoms with E-state index in [9.17, 15) is 0 Å². The van der Waals surface area contributed by atoms with Gasteiger partial charge in [0.2, 0.25) is 0 Å². The van der Waals surface area contributed by atoms with Crippen LogP contribution >= 0.6 is 0 Å². The number of aromatic nitrogens is 6. The van der Waals surface area contributed by atoms with Gasteiger partial charge in [-0.05, 0) is 12.3 Å². The van der Waals surface area contributed by atoms with Crippen LogP contribution in [0.1, 0.15) is 44.9 Å². The SMILES string of the molecule is CCCc1nc(N[C@H](c2nccn2C)C(C)C)c2cnn(C)c2n1. The smallest absolute Gasteiger partial charge is 0.163 e. The van der Waals surface area contributed by atoms with Gasteiger partial charge in [-0.3, -0.25) is 4.68 Å². The summed E-state index contributed by atoms with van der Waals surface area (Å²) in [6.07, 6.45) is 7.48. The summed E-state index contributed by atoms with van der Waals surface area (Å²) in [5.74, 6) is 3.04. The van der Waals surface area contributed by atoms with Crippen molar-refractivity contribution in [1.29, 1.82) is 0 Å². The molecule has 3 aromatic heterocycles. The largest absolute Gasteiger partial charge is 0.359 e. The van der Waals surface area contributed by atoms with Gasteiger partial charge in [0.1, 0.15) is 17.5 Å². The first kappa shape index (κ1) is 16.4. The summed E-state index contributed by atoms with van der Waals surface area (Å²) in [5.41, 5.74) is 0.860. The monoisotopic (exact) mass is 327 g/mol. The number of aryl methyl sites for hydroxylation is 3. The number of fused-ring (bicyclic) bond motifs is 1. The summed E-state index contributed by atoms with van der Waals surface area (Å²) < 4.78 is 3.85. The Balaban J connectivity index is 2.05. The highest BCUT2D eigenvalue weighted by atomic mass is 15.3. The van der Waals surface area contributed by atoms with Crippen LogP contribution in [0.5, 0.6) is 0 Å². The van der Waals surface area contributed by atoms with E-state index >= 15 is 0 Å². The quantitative estimate of drug-likeness (QED) is 0.753. The molecular weight excluding hydrogens is 302 g/mol. The van der Waals surface area contributed by atoms with Crippen LogP contribution in [0, 0.1) is 5.92 Å². The number of imidazole rings is 1. The van der Waals surface area contributed by atoms with Gasteiger partial charge >= 0.3 is 0 Å². The molecule has 0 fully saturated rings. The van der Waals surface area contributed by atoms with Crippen molar-refractivity contribution in [2.45, 2.75) is 39.7 Å². The zero-order chi connectivity index (χ0) is 17.3. The molecule has 0 spiro atoms. The Kier molecular flexibility index (Phi) is 4.51. The lowest BCUT2D eigenvalue weighted by molar-refractivity contribution is 0.506. The minimum Gasteiger partial charge on any atom is -0.359 e. The van der Waals surface area contributed by atoms with Crippen LogP contribution < -0.4 is 5.32 Å². The van der Waals surface area contributed by atoms with E-state index in [1.165, 1.54) is 0 Å². The van der Waals surface area contributed by atoms with Crippen molar-refractivity contribution in [3.63, 3.8) is 0 Å². The van der Waals surface area contributed by atoms with E-state index in [4.69, 9.17) is 4.98 Å². The molecule has 0 radical (unpaired) electrons. The van der Waals surface area contributed by atoms with Crippen molar-refractivity contribution in [3.05, 3.63) is 30.2 Å². The van der Waals surface area contributed by atoms with Crippen LogP contribution in [-0.4, -0.2) is 29.3 Å². The van der Waals surface area contributed by atoms with Crippen LogP contribution in [-0.2, 0) is 20.5 Å². The Morgan fingerprint density at radius 3 is 2.62 bits per heavy atom. The van der Waals surface area contributed by atoms with E-state index in [0.29, 0.717) is 5.92 Å². The first-order chi connectivity index (χ1) is 11.5. The predicted octanol–water partition coefficient (Wildman–Crippen LogP) is 2.86. The molecule has 3 heterocycles. The normalized spacial score (nSPS) is 12.9. The average molecular weight is 327 g/mol. The summed E-state index contributed by atoms with van der Waals surface area (Å²) in [4.78, 5) is 13.9. The van der Waals surface area contributed by atoms with Gasteiger partial charge in [-0.25, -0.2) is 15.0 Å². The van der Waals surface area contributed by atoms with E-state index < -0.39 is 0 Å². The topological polar surface area (TPSA) is 73.5 Å². The molecule has 0 aromatic carbocycles. The molecule has 24 heavy (non-hydrogen) atoms. The van der Waals surface area contributed by atoms with Gasteiger partial charge in [0.05, 0.1) is 17.6 Å². The molecule has 3 aromatic rings. The van der Waals surface area contributed by atoms with Crippen LogP contribution in [0.25, 0.3) is 11.0 Å². The standard InChI is InChI=1S/C17H25N7/c1-6-7-13-20-15(12-10-19-24(5)16(12)21-13)22-14(11(2)3)17-18-8-9-23(17)4/h8-11,14H,6-7H2,1-5H3,(H,20,21,22)/t14-/m0/s1. The van der Waals surface area contributed by atoms with Gasteiger partial charge < -0.3 is 9.88 Å². The lowest BCUT2D eigenvalue weighted by atomic mass is 10.0. The third-order valence-corrected chi connectivity index (χ3v) is 4.21. The number of nitrogens with zero attached hydrogens (tertiary/aromatic N) is 6. The van der Waals surface area contributed by atoms with Crippen LogP contribution in [0.4, 0.5) is 5.82 Å². The molecule has 1 atom stereocenters. The van der Waals surface area contributed by atoms with Crippen molar-refractivity contribution in [2.24, 2.45) is 20.0 Å². The molecule has 128 valence electrons. The van der Waals surface area contributed by atoms with Crippen molar-refractivity contribution in [2.75, 3.05) is 5.32 Å². The predicted molar refractivity (Wildman–Crippen MR) is 94.7 cm³/mol. The van der Waals surface area contributed by atoms with Gasteiger partial charge in [-0.15, -0.1) is 0 Å². The second-order valence-electron chi connectivity index (χ2n) is 6.51. The number of anilines is 1. The number of rotatable bonds is 6. The maximum absolute atomic E-state index is 4.75. The maximum Gasteiger partial charge on any atom is 0.163 e. The molecule has 0 aliphatic carbocycles. The van der Waals surface area contributed by atoms with E-state index in [1.807, 2.05) is 37.3 Å². The van der Waals surface area contributed by atoms with E-state index in [1.54, 1.807) is 4.68 Å². The van der Waals surface area contributed by atoms with Crippen LogP contribution in [0.15, 0.2) is 18.6 Å². The summed E-state index contributed by atoms with van der Waals surface area (Å²) in [6, 6.07) is 0.0674. The third kappa shape index (κ3) is 2.98. The molecule has 0 unspecified atom stereocenters. The molecule has 0 aliphatic heterocycles. The first-order valence-corrected chi connectivity index (χ1v) is 8.43. The first-order valence-electron chi connectivity index (χ1n) is 8.43. The Hall–Kier alpha value is -2.44. The van der Waals surface area contributed by atoms with E-state index in [2.05, 4.69) is 41.2 Å². The Morgan fingerprint density at radius 2 is 2.00 bits per heavy atom. The zero-order valence-electron chi connectivity index (χ0n) is 15.0. The summed E-state index contributed by atoms with van der Waals surface area (Å²) >= 11 is 0. The minimum absolute atomic E-state index is 0.0674. The van der Waals surface area contributed by atoms with Crippen molar-refractivity contribution >= 4 is 16.9 Å². The lowest BCUT2D eigenvalue weighted by Gasteiger charge is -2.23. The summed E-state index contributed by atoms with van der Waals surface area (Å²) in [7, 11) is 3.93. The van der Waals surface area contributed by atoms with E-state index in [-0.39, 0.29) is 6.04 Å². The fourth-order valence-electron chi connectivity index (χ4n) is 2.87. The fraction of sp³-hybridized carbons (Fsp3) is 0.529. The van der Waals surface area contributed by atoms with Gasteiger partial charge in [0.25, 0.3) is 0 Å².